The van der Waals surface area contributed by atoms with E-state index in [2.05, 4.69) is 0 Å². The minimum Gasteiger partial charge on any atom is -0.463 e. The third-order valence-electron chi connectivity index (χ3n) is 3.46. The molecule has 2 rings (SSSR count). The minimum atomic E-state index is -0.646. The summed E-state index contributed by atoms with van der Waals surface area (Å²) >= 11 is 0. The molecule has 0 radical (unpaired) electrons. The molecule has 0 aliphatic heterocycles. The van der Waals surface area contributed by atoms with E-state index >= 15 is 0 Å². The standard InChI is InChI=1S/C20H19NO6/c22-19(10-9-16-7-4-8-18(13-16)21(24)25)14-20(23)27-12-11-26-15-17-5-2-1-3-6-17/h1-10,13H,11-12,14-15H2. The maximum atomic E-state index is 11.8. The molecule has 7 nitrogen and oxygen atoms in total. The lowest BCUT2D eigenvalue weighted by Gasteiger charge is -2.05. The molecule has 2 aromatic rings. The number of hydrogen-bond donors (Lipinski definition) is 0. The van der Waals surface area contributed by atoms with Gasteiger partial charge in [0.05, 0.1) is 18.1 Å². The van der Waals surface area contributed by atoms with Gasteiger partial charge in [0.1, 0.15) is 13.0 Å². The SMILES string of the molecule is O=C(C=Cc1cccc([N+](=O)[O-])c1)CC(=O)OCCOCc1ccccc1. The van der Waals surface area contributed by atoms with Crippen LogP contribution in [0.1, 0.15) is 17.5 Å². The maximum absolute atomic E-state index is 11.8. The van der Waals surface area contributed by atoms with Crippen LogP contribution in [0.25, 0.3) is 6.08 Å². The molecule has 0 heterocycles. The van der Waals surface area contributed by atoms with Crippen molar-refractivity contribution >= 4 is 23.5 Å². The number of nitro groups is 1. The van der Waals surface area contributed by atoms with Gasteiger partial charge in [-0.25, -0.2) is 0 Å². The first-order chi connectivity index (χ1) is 13.0. The monoisotopic (exact) mass is 369 g/mol. The molecule has 0 fully saturated rings. The lowest BCUT2D eigenvalue weighted by atomic mass is 10.1. The zero-order chi connectivity index (χ0) is 19.5. The second-order valence-corrected chi connectivity index (χ2v) is 5.59. The first-order valence-corrected chi connectivity index (χ1v) is 8.27. The number of carbonyl (C=O) groups is 2. The highest BCUT2D eigenvalue weighted by atomic mass is 16.6. The van der Waals surface area contributed by atoms with Crippen LogP contribution in [0.2, 0.25) is 0 Å². The lowest BCUT2D eigenvalue weighted by molar-refractivity contribution is -0.384. The zero-order valence-electron chi connectivity index (χ0n) is 14.6. The van der Waals surface area contributed by atoms with Crippen LogP contribution in [0.4, 0.5) is 5.69 Å². The Morgan fingerprint density at radius 3 is 2.56 bits per heavy atom. The molecule has 0 aliphatic rings. The van der Waals surface area contributed by atoms with E-state index in [1.54, 1.807) is 6.07 Å². The van der Waals surface area contributed by atoms with Crippen molar-refractivity contribution in [2.24, 2.45) is 0 Å². The van der Waals surface area contributed by atoms with E-state index in [1.807, 2.05) is 30.3 Å². The topological polar surface area (TPSA) is 95.7 Å². The smallest absolute Gasteiger partial charge is 0.313 e. The third-order valence-corrected chi connectivity index (χ3v) is 3.46. The number of nitro benzene ring substituents is 1. The molecule has 0 unspecified atom stereocenters. The van der Waals surface area contributed by atoms with Crippen LogP contribution in [0.3, 0.4) is 0 Å². The van der Waals surface area contributed by atoms with Gasteiger partial charge in [-0.15, -0.1) is 0 Å². The second-order valence-electron chi connectivity index (χ2n) is 5.59. The predicted molar refractivity (Wildman–Crippen MR) is 98.8 cm³/mol. The predicted octanol–water partition coefficient (Wildman–Crippen LogP) is 3.33. The molecular weight excluding hydrogens is 350 g/mol. The largest absolute Gasteiger partial charge is 0.463 e. The first-order valence-electron chi connectivity index (χ1n) is 8.27. The Hall–Kier alpha value is -3.32. The third kappa shape index (κ3) is 7.62. The number of ketones is 1. The highest BCUT2D eigenvalue weighted by Crippen LogP contribution is 2.14. The molecule has 0 aliphatic carbocycles. The number of esters is 1. The fraction of sp³-hybridized carbons (Fsp3) is 0.200. The molecule has 2 aromatic carbocycles. The van der Waals surface area contributed by atoms with Gasteiger partial charge in [-0.3, -0.25) is 19.7 Å². The maximum Gasteiger partial charge on any atom is 0.313 e. The molecule has 0 atom stereocenters. The molecule has 140 valence electrons. The van der Waals surface area contributed by atoms with Crippen LogP contribution in [0, 0.1) is 10.1 Å². The molecule has 0 N–H and O–H groups in total. The molecule has 0 amide bonds. The summed E-state index contributed by atoms with van der Waals surface area (Å²) in [5.74, 6) is -1.09. The molecule has 0 bridgehead atoms. The Morgan fingerprint density at radius 2 is 1.81 bits per heavy atom. The van der Waals surface area contributed by atoms with Gasteiger partial charge in [-0.05, 0) is 17.2 Å². The van der Waals surface area contributed by atoms with E-state index < -0.39 is 23.1 Å². The number of allylic oxidation sites excluding steroid dienone is 1. The van der Waals surface area contributed by atoms with Crippen LogP contribution < -0.4 is 0 Å². The van der Waals surface area contributed by atoms with Gasteiger partial charge in [0.25, 0.3) is 5.69 Å². The first kappa shape index (κ1) is 20.0. The lowest BCUT2D eigenvalue weighted by Crippen LogP contribution is -2.13. The normalized spacial score (nSPS) is 10.7. The summed E-state index contributed by atoms with van der Waals surface area (Å²) in [4.78, 5) is 33.6. The average molecular weight is 369 g/mol. The number of hydrogen-bond acceptors (Lipinski definition) is 6. The summed E-state index contributed by atoms with van der Waals surface area (Å²) in [6, 6.07) is 15.4. The van der Waals surface area contributed by atoms with Crippen molar-refractivity contribution in [1.82, 2.24) is 0 Å². The Labute approximate surface area is 156 Å². The van der Waals surface area contributed by atoms with E-state index in [4.69, 9.17) is 9.47 Å². The molecule has 0 spiro atoms. The Morgan fingerprint density at radius 1 is 1.04 bits per heavy atom. The second kappa shape index (κ2) is 10.6. The van der Waals surface area contributed by atoms with E-state index in [1.165, 1.54) is 30.4 Å². The number of rotatable bonds is 10. The average Bonchev–Trinajstić information content (AvgIpc) is 2.67. The van der Waals surface area contributed by atoms with Gasteiger partial charge in [0.2, 0.25) is 0 Å². The highest BCUT2D eigenvalue weighted by molar-refractivity contribution is 6.03. The summed E-state index contributed by atoms with van der Waals surface area (Å²) in [7, 11) is 0. The Balaban J connectivity index is 1.67. The van der Waals surface area contributed by atoms with Gasteiger partial charge in [-0.1, -0.05) is 48.5 Å². The van der Waals surface area contributed by atoms with Crippen molar-refractivity contribution in [2.45, 2.75) is 13.0 Å². The van der Waals surface area contributed by atoms with Crippen LogP contribution in [-0.4, -0.2) is 29.9 Å². The number of ether oxygens (including phenoxy) is 2. The van der Waals surface area contributed by atoms with Crippen molar-refractivity contribution in [3.63, 3.8) is 0 Å². The molecule has 0 saturated heterocycles. The van der Waals surface area contributed by atoms with Gasteiger partial charge in [-0.2, -0.15) is 0 Å². The molecule has 7 heteroatoms. The van der Waals surface area contributed by atoms with Crippen LogP contribution in [0.15, 0.2) is 60.7 Å². The van der Waals surface area contributed by atoms with E-state index in [0.29, 0.717) is 12.2 Å². The summed E-state index contributed by atoms with van der Waals surface area (Å²) < 4.78 is 10.3. The summed E-state index contributed by atoms with van der Waals surface area (Å²) in [5, 5.41) is 10.7. The van der Waals surface area contributed by atoms with E-state index in [0.717, 1.165) is 5.56 Å². The number of nitrogens with zero attached hydrogens (tertiary/aromatic N) is 1. The van der Waals surface area contributed by atoms with Crippen molar-refractivity contribution in [3.05, 3.63) is 81.9 Å². The van der Waals surface area contributed by atoms with Crippen LogP contribution in [-0.2, 0) is 25.7 Å². The Kier molecular flexibility index (Phi) is 7.87. The summed E-state index contributed by atoms with van der Waals surface area (Å²) in [5.41, 5.74) is 1.45. The fourth-order valence-corrected chi connectivity index (χ4v) is 2.16. The van der Waals surface area contributed by atoms with E-state index in [-0.39, 0.29) is 18.9 Å². The quantitative estimate of drug-likeness (QED) is 0.159. The van der Waals surface area contributed by atoms with Crippen molar-refractivity contribution in [3.8, 4) is 0 Å². The number of non-ortho nitro benzene ring substituents is 1. The van der Waals surface area contributed by atoms with Crippen LogP contribution >= 0.6 is 0 Å². The molecule has 0 aromatic heterocycles. The van der Waals surface area contributed by atoms with Crippen LogP contribution in [0.5, 0.6) is 0 Å². The summed E-state index contributed by atoms with van der Waals surface area (Å²) in [6.07, 6.45) is 2.22. The Bertz CT molecular complexity index is 816. The van der Waals surface area contributed by atoms with Gasteiger partial charge in [0, 0.05) is 12.1 Å². The summed E-state index contributed by atoms with van der Waals surface area (Å²) in [6.45, 7) is 0.717. The zero-order valence-corrected chi connectivity index (χ0v) is 14.6. The van der Waals surface area contributed by atoms with Gasteiger partial charge < -0.3 is 9.47 Å². The minimum absolute atomic E-state index is 0.0630. The van der Waals surface area contributed by atoms with Crippen molar-refractivity contribution < 1.29 is 24.0 Å². The van der Waals surface area contributed by atoms with Gasteiger partial charge in [0.15, 0.2) is 5.78 Å². The van der Waals surface area contributed by atoms with Crippen molar-refractivity contribution in [1.29, 1.82) is 0 Å². The molecule has 0 saturated carbocycles. The van der Waals surface area contributed by atoms with E-state index in [9.17, 15) is 19.7 Å². The fourth-order valence-electron chi connectivity index (χ4n) is 2.16. The van der Waals surface area contributed by atoms with Crippen molar-refractivity contribution in [2.75, 3.05) is 13.2 Å². The molecule has 27 heavy (non-hydrogen) atoms. The number of benzene rings is 2. The highest BCUT2D eigenvalue weighted by Gasteiger charge is 2.09. The molecular formula is C20H19NO6. The van der Waals surface area contributed by atoms with Gasteiger partial charge >= 0.3 is 5.97 Å². The number of carbonyl (C=O) groups excluding carboxylic acids is 2.